The molecule has 3 N–H and O–H groups in total. The van der Waals surface area contributed by atoms with E-state index in [9.17, 15) is 4.79 Å². The van der Waals surface area contributed by atoms with E-state index in [4.69, 9.17) is 10.2 Å². The molecule has 0 spiro atoms. The van der Waals surface area contributed by atoms with Gasteiger partial charge in [-0.25, -0.2) is 9.67 Å². The summed E-state index contributed by atoms with van der Waals surface area (Å²) in [6, 6.07) is 5.49. The second kappa shape index (κ2) is 7.52. The SMILES string of the molecule is CCC(N)(CC)CNC(=O)c1cc(-c2ccco2)nc2c1cnn2C(C)C. The van der Waals surface area contributed by atoms with E-state index in [0.717, 1.165) is 12.8 Å². The molecule has 3 aromatic rings. The molecule has 144 valence electrons. The summed E-state index contributed by atoms with van der Waals surface area (Å²) in [5, 5.41) is 8.12. The van der Waals surface area contributed by atoms with Crippen LogP contribution in [-0.2, 0) is 0 Å². The minimum Gasteiger partial charge on any atom is -0.463 e. The van der Waals surface area contributed by atoms with Gasteiger partial charge >= 0.3 is 0 Å². The summed E-state index contributed by atoms with van der Waals surface area (Å²) in [7, 11) is 0. The Morgan fingerprint density at radius 3 is 2.70 bits per heavy atom. The van der Waals surface area contributed by atoms with Crippen LogP contribution in [0.5, 0.6) is 0 Å². The first kappa shape index (κ1) is 19.1. The van der Waals surface area contributed by atoms with Crippen molar-refractivity contribution in [3.8, 4) is 11.5 Å². The fourth-order valence-corrected chi connectivity index (χ4v) is 2.99. The minimum atomic E-state index is -0.409. The van der Waals surface area contributed by atoms with Gasteiger partial charge in [0.15, 0.2) is 11.4 Å². The predicted molar refractivity (Wildman–Crippen MR) is 105 cm³/mol. The van der Waals surface area contributed by atoms with Gasteiger partial charge in [0.25, 0.3) is 5.91 Å². The van der Waals surface area contributed by atoms with Gasteiger partial charge in [-0.2, -0.15) is 5.10 Å². The van der Waals surface area contributed by atoms with Gasteiger partial charge in [-0.1, -0.05) is 13.8 Å². The van der Waals surface area contributed by atoms with Crippen LogP contribution in [0.15, 0.2) is 35.1 Å². The van der Waals surface area contributed by atoms with Crippen LogP contribution >= 0.6 is 0 Å². The van der Waals surface area contributed by atoms with Gasteiger partial charge in [-0.05, 0) is 44.9 Å². The van der Waals surface area contributed by atoms with Gasteiger partial charge in [-0.15, -0.1) is 0 Å². The van der Waals surface area contributed by atoms with E-state index >= 15 is 0 Å². The number of aromatic nitrogens is 3. The Bertz CT molecular complexity index is 923. The first-order chi connectivity index (χ1) is 12.9. The zero-order valence-electron chi connectivity index (χ0n) is 16.3. The molecular weight excluding hydrogens is 342 g/mol. The highest BCUT2D eigenvalue weighted by atomic mass is 16.3. The number of amides is 1. The maximum absolute atomic E-state index is 13.0. The number of nitrogens with zero attached hydrogens (tertiary/aromatic N) is 3. The molecule has 0 unspecified atom stereocenters. The number of carbonyl (C=O) groups excluding carboxylic acids is 1. The first-order valence-corrected chi connectivity index (χ1v) is 9.37. The molecule has 1 amide bonds. The lowest BCUT2D eigenvalue weighted by Crippen LogP contribution is -2.49. The number of pyridine rings is 1. The quantitative estimate of drug-likeness (QED) is 0.664. The third-order valence-corrected chi connectivity index (χ3v) is 5.08. The summed E-state index contributed by atoms with van der Waals surface area (Å²) in [5.41, 5.74) is 7.70. The largest absolute Gasteiger partial charge is 0.463 e. The maximum atomic E-state index is 13.0. The van der Waals surface area contributed by atoms with Gasteiger partial charge in [0, 0.05) is 18.1 Å². The van der Waals surface area contributed by atoms with Crippen molar-refractivity contribution >= 4 is 16.9 Å². The van der Waals surface area contributed by atoms with E-state index in [2.05, 4.69) is 15.4 Å². The van der Waals surface area contributed by atoms with Crippen LogP contribution in [0.25, 0.3) is 22.5 Å². The smallest absolute Gasteiger partial charge is 0.252 e. The monoisotopic (exact) mass is 369 g/mol. The lowest BCUT2D eigenvalue weighted by molar-refractivity contribution is 0.0944. The third-order valence-electron chi connectivity index (χ3n) is 5.08. The number of nitrogens with two attached hydrogens (primary N) is 1. The van der Waals surface area contributed by atoms with E-state index in [-0.39, 0.29) is 11.9 Å². The Kier molecular flexibility index (Phi) is 5.32. The second-order valence-electron chi connectivity index (χ2n) is 7.20. The number of carbonyl (C=O) groups is 1. The maximum Gasteiger partial charge on any atom is 0.252 e. The number of furan rings is 1. The minimum absolute atomic E-state index is 0.120. The molecule has 3 rings (SSSR count). The highest BCUT2D eigenvalue weighted by Crippen LogP contribution is 2.26. The molecule has 0 fully saturated rings. The molecule has 0 saturated carbocycles. The topological polar surface area (TPSA) is 99.0 Å². The molecular formula is C20H27N5O2. The molecule has 0 aliphatic rings. The van der Waals surface area contributed by atoms with Crippen molar-refractivity contribution in [2.75, 3.05) is 6.54 Å². The van der Waals surface area contributed by atoms with Crippen molar-refractivity contribution in [2.45, 2.75) is 52.1 Å². The van der Waals surface area contributed by atoms with Gasteiger partial charge in [0.2, 0.25) is 0 Å². The number of hydrogen-bond donors (Lipinski definition) is 2. The molecule has 3 aromatic heterocycles. The van der Waals surface area contributed by atoms with Crippen LogP contribution in [0, 0.1) is 0 Å². The fraction of sp³-hybridized carbons (Fsp3) is 0.450. The molecule has 0 aliphatic carbocycles. The molecule has 27 heavy (non-hydrogen) atoms. The number of rotatable bonds is 7. The van der Waals surface area contributed by atoms with E-state index in [1.165, 1.54) is 0 Å². The molecule has 3 heterocycles. The van der Waals surface area contributed by atoms with Gasteiger partial charge in [0.1, 0.15) is 5.69 Å². The van der Waals surface area contributed by atoms with Crippen molar-refractivity contribution in [2.24, 2.45) is 5.73 Å². The normalized spacial score (nSPS) is 12.1. The number of hydrogen-bond acceptors (Lipinski definition) is 5. The van der Waals surface area contributed by atoms with Crippen LogP contribution in [0.3, 0.4) is 0 Å². The van der Waals surface area contributed by atoms with E-state index in [0.29, 0.717) is 34.6 Å². The van der Waals surface area contributed by atoms with Gasteiger partial charge in [-0.3, -0.25) is 4.79 Å². The van der Waals surface area contributed by atoms with Crippen LogP contribution in [0.4, 0.5) is 0 Å². The average molecular weight is 369 g/mol. The highest BCUT2D eigenvalue weighted by Gasteiger charge is 2.23. The lowest BCUT2D eigenvalue weighted by Gasteiger charge is -2.26. The molecule has 0 bridgehead atoms. The Hall–Kier alpha value is -2.67. The van der Waals surface area contributed by atoms with Crippen molar-refractivity contribution in [3.63, 3.8) is 0 Å². The molecule has 0 saturated heterocycles. The molecule has 0 atom stereocenters. The standard InChI is InChI=1S/C20H27N5O2/c1-5-20(21,6-2)12-22-19(26)14-10-16(17-8-7-9-27-17)24-18-15(14)11-23-25(18)13(3)4/h7-11,13H,5-6,12,21H2,1-4H3,(H,22,26). The first-order valence-electron chi connectivity index (χ1n) is 9.37. The molecule has 0 aliphatic heterocycles. The van der Waals surface area contributed by atoms with E-state index < -0.39 is 5.54 Å². The Labute approximate surface area is 158 Å². The molecule has 7 nitrogen and oxygen atoms in total. The van der Waals surface area contributed by atoms with Crippen molar-refractivity contribution in [1.82, 2.24) is 20.1 Å². The average Bonchev–Trinajstić information content (AvgIpc) is 3.34. The summed E-state index contributed by atoms with van der Waals surface area (Å²) in [5.74, 6) is 0.424. The summed E-state index contributed by atoms with van der Waals surface area (Å²) in [6.07, 6.45) is 4.86. The Morgan fingerprint density at radius 1 is 1.37 bits per heavy atom. The highest BCUT2D eigenvalue weighted by molar-refractivity contribution is 6.06. The molecule has 0 aromatic carbocycles. The van der Waals surface area contributed by atoms with Crippen LogP contribution < -0.4 is 11.1 Å². The van der Waals surface area contributed by atoms with Crippen LogP contribution in [0.2, 0.25) is 0 Å². The lowest BCUT2D eigenvalue weighted by atomic mass is 9.94. The summed E-state index contributed by atoms with van der Waals surface area (Å²) in [6.45, 7) is 8.53. The van der Waals surface area contributed by atoms with Crippen LogP contribution in [-0.4, -0.2) is 32.8 Å². The van der Waals surface area contributed by atoms with Crippen molar-refractivity contribution in [1.29, 1.82) is 0 Å². The fourth-order valence-electron chi connectivity index (χ4n) is 2.99. The number of fused-ring (bicyclic) bond motifs is 1. The third kappa shape index (κ3) is 3.73. The predicted octanol–water partition coefficient (Wildman–Crippen LogP) is 3.52. The number of nitrogens with one attached hydrogen (secondary N) is 1. The Morgan fingerprint density at radius 2 is 2.11 bits per heavy atom. The van der Waals surface area contributed by atoms with Crippen LogP contribution in [0.1, 0.15) is 56.9 Å². The molecule has 7 heteroatoms. The van der Waals surface area contributed by atoms with Gasteiger partial charge < -0.3 is 15.5 Å². The van der Waals surface area contributed by atoms with E-state index in [1.807, 2.05) is 38.4 Å². The van der Waals surface area contributed by atoms with Crippen molar-refractivity contribution < 1.29 is 9.21 Å². The zero-order valence-corrected chi connectivity index (χ0v) is 16.3. The summed E-state index contributed by atoms with van der Waals surface area (Å²) in [4.78, 5) is 17.7. The molecule has 0 radical (unpaired) electrons. The van der Waals surface area contributed by atoms with Crippen molar-refractivity contribution in [3.05, 3.63) is 36.2 Å². The van der Waals surface area contributed by atoms with E-state index in [1.54, 1.807) is 24.6 Å². The summed E-state index contributed by atoms with van der Waals surface area (Å²) >= 11 is 0. The zero-order chi connectivity index (χ0) is 19.6. The second-order valence-corrected chi connectivity index (χ2v) is 7.20. The summed E-state index contributed by atoms with van der Waals surface area (Å²) < 4.78 is 7.29. The van der Waals surface area contributed by atoms with Gasteiger partial charge in [0.05, 0.1) is 23.4 Å². The Balaban J connectivity index is 2.04.